The Kier molecular flexibility index (Phi) is 8.75. The van der Waals surface area contributed by atoms with Gasteiger partial charge in [0.1, 0.15) is 0 Å². The van der Waals surface area contributed by atoms with Crippen molar-refractivity contribution in [1.82, 2.24) is 9.62 Å². The van der Waals surface area contributed by atoms with Gasteiger partial charge in [-0.1, -0.05) is 36.4 Å². The second-order valence-electron chi connectivity index (χ2n) is 10.4. The van der Waals surface area contributed by atoms with Crippen molar-refractivity contribution < 1.29 is 23.4 Å². The average Bonchev–Trinajstić information content (AvgIpc) is 3.17. The molecule has 1 aliphatic carbocycles. The number of aliphatic carboxylic acids is 1. The molecule has 0 saturated carbocycles. The monoisotopic (exact) mass is 502 g/mol. The van der Waals surface area contributed by atoms with Crippen LogP contribution in [0.15, 0.2) is 47.4 Å². The van der Waals surface area contributed by atoms with Crippen molar-refractivity contribution in [2.24, 2.45) is 5.92 Å². The summed E-state index contributed by atoms with van der Waals surface area (Å²) in [5.41, 5.74) is 4.00. The fourth-order valence-electron chi connectivity index (χ4n) is 5.02. The van der Waals surface area contributed by atoms with Gasteiger partial charge in [0.2, 0.25) is 10.0 Å². The predicted molar refractivity (Wildman–Crippen MR) is 137 cm³/mol. The van der Waals surface area contributed by atoms with E-state index in [1.165, 1.54) is 28.5 Å². The first-order valence-corrected chi connectivity index (χ1v) is 13.6. The smallest absolute Gasteiger partial charge is 0.303 e. The van der Waals surface area contributed by atoms with Gasteiger partial charge in [0.25, 0.3) is 0 Å². The summed E-state index contributed by atoms with van der Waals surface area (Å²) >= 11 is 0. The Bertz CT molecular complexity index is 1120. The van der Waals surface area contributed by atoms with Crippen LogP contribution in [0.2, 0.25) is 0 Å². The molecule has 8 heteroatoms. The quantitative estimate of drug-likeness (QED) is 0.412. The zero-order chi connectivity index (χ0) is 25.8. The number of hydrogen-bond donors (Lipinski definition) is 3. The third kappa shape index (κ3) is 7.36. The molecule has 2 aromatic rings. The highest BCUT2D eigenvalue weighted by molar-refractivity contribution is 7.89. The molecule has 1 aliphatic rings. The number of benzene rings is 2. The Morgan fingerprint density at radius 2 is 1.80 bits per heavy atom. The number of aryl methyl sites for hydroxylation is 2. The van der Waals surface area contributed by atoms with Gasteiger partial charge in [-0.25, -0.2) is 8.42 Å². The molecule has 0 spiro atoms. The molecule has 0 aromatic heterocycles. The highest BCUT2D eigenvalue weighted by atomic mass is 32.2. The number of β-amino-alcohol motifs (C(OH)–C–C–N with tert-alkyl or cyclic N) is 1. The average molecular weight is 503 g/mol. The van der Waals surface area contributed by atoms with Crippen LogP contribution in [-0.2, 0) is 34.1 Å². The predicted octanol–water partition coefficient (Wildman–Crippen LogP) is 3.17. The normalized spacial score (nSPS) is 15.4. The maximum Gasteiger partial charge on any atom is 0.303 e. The van der Waals surface area contributed by atoms with Gasteiger partial charge in [-0.05, 0) is 80.7 Å². The summed E-state index contributed by atoms with van der Waals surface area (Å²) in [4.78, 5) is 11.0. The van der Waals surface area contributed by atoms with Crippen LogP contribution in [0.25, 0.3) is 0 Å². The molecule has 2 aromatic carbocycles. The van der Waals surface area contributed by atoms with E-state index in [1.807, 2.05) is 0 Å². The number of carboxylic acid groups (broad SMARTS) is 1. The molecule has 0 aliphatic heterocycles. The molecule has 0 heterocycles. The maximum absolute atomic E-state index is 13.1. The van der Waals surface area contributed by atoms with E-state index < -0.39 is 22.1 Å². The number of nitrogens with zero attached hydrogens (tertiary/aromatic N) is 1. The Labute approximate surface area is 209 Å². The molecule has 0 fully saturated rings. The lowest BCUT2D eigenvalue weighted by Gasteiger charge is -2.31. The second-order valence-corrected chi connectivity index (χ2v) is 12.5. The molecule has 0 saturated heterocycles. The molecule has 0 radical (unpaired) electrons. The Morgan fingerprint density at radius 3 is 2.37 bits per heavy atom. The molecule has 1 atom stereocenters. The van der Waals surface area contributed by atoms with E-state index in [9.17, 15) is 18.3 Å². The van der Waals surface area contributed by atoms with Crippen molar-refractivity contribution in [3.8, 4) is 0 Å². The lowest BCUT2D eigenvalue weighted by Crippen LogP contribution is -2.47. The van der Waals surface area contributed by atoms with Crippen molar-refractivity contribution in [3.05, 3.63) is 64.7 Å². The number of sulfonamides is 1. The molecule has 35 heavy (non-hydrogen) atoms. The molecule has 3 N–H and O–H groups in total. The fourth-order valence-corrected chi connectivity index (χ4v) is 6.43. The largest absolute Gasteiger partial charge is 0.481 e. The number of rotatable bonds is 12. The van der Waals surface area contributed by atoms with Crippen LogP contribution in [0.4, 0.5) is 0 Å². The molecular weight excluding hydrogens is 464 g/mol. The highest BCUT2D eigenvalue weighted by Crippen LogP contribution is 2.32. The van der Waals surface area contributed by atoms with Crippen LogP contribution < -0.4 is 5.32 Å². The molecule has 192 valence electrons. The van der Waals surface area contributed by atoms with E-state index in [-0.39, 0.29) is 23.4 Å². The second kappa shape index (κ2) is 11.2. The third-order valence-corrected chi connectivity index (χ3v) is 8.76. The van der Waals surface area contributed by atoms with Gasteiger partial charge >= 0.3 is 5.97 Å². The number of fused-ring (bicyclic) bond motifs is 1. The SMILES string of the molecule is Cc1cc(CCC(=O)O)ccc1S(=O)(=O)N(C)CC(O)CNC(C)(C)CC1Cc2ccccc2C1. The lowest BCUT2D eigenvalue weighted by atomic mass is 9.88. The van der Waals surface area contributed by atoms with Gasteiger partial charge in [-0.2, -0.15) is 4.31 Å². The summed E-state index contributed by atoms with van der Waals surface area (Å²) in [6.07, 6.45) is 2.59. The van der Waals surface area contributed by atoms with E-state index in [2.05, 4.69) is 43.4 Å². The van der Waals surface area contributed by atoms with Gasteiger partial charge in [0.15, 0.2) is 0 Å². The van der Waals surface area contributed by atoms with Gasteiger partial charge < -0.3 is 15.5 Å². The first kappa shape index (κ1) is 27.3. The zero-order valence-corrected chi connectivity index (χ0v) is 21.9. The topological polar surface area (TPSA) is 107 Å². The molecule has 0 bridgehead atoms. The first-order valence-electron chi connectivity index (χ1n) is 12.1. The minimum Gasteiger partial charge on any atom is -0.481 e. The zero-order valence-electron chi connectivity index (χ0n) is 21.1. The summed E-state index contributed by atoms with van der Waals surface area (Å²) in [5, 5.41) is 22.9. The Balaban J connectivity index is 1.52. The van der Waals surface area contributed by atoms with E-state index in [0.29, 0.717) is 24.4 Å². The van der Waals surface area contributed by atoms with Crippen LogP contribution in [0.5, 0.6) is 0 Å². The Hall–Kier alpha value is -2.26. The summed E-state index contributed by atoms with van der Waals surface area (Å²) in [6.45, 7) is 6.21. The van der Waals surface area contributed by atoms with Crippen LogP contribution in [0, 0.1) is 12.8 Å². The molecule has 0 amide bonds. The van der Waals surface area contributed by atoms with Crippen molar-refractivity contribution >= 4 is 16.0 Å². The summed E-state index contributed by atoms with van der Waals surface area (Å²) < 4.78 is 27.4. The van der Waals surface area contributed by atoms with E-state index in [1.54, 1.807) is 19.1 Å². The molecule has 7 nitrogen and oxygen atoms in total. The minimum absolute atomic E-state index is 0.00530. The summed E-state index contributed by atoms with van der Waals surface area (Å²) in [6, 6.07) is 13.4. The molecular formula is C27H38N2O5S. The number of aliphatic hydroxyl groups excluding tert-OH is 1. The number of carboxylic acids is 1. The fraction of sp³-hybridized carbons (Fsp3) is 0.519. The standard InChI is InChI=1S/C27H38N2O5S/c1-19-13-20(10-12-26(31)32)9-11-25(19)35(33,34)29(4)18-24(30)17-28-27(2,3)16-21-14-22-7-5-6-8-23(22)15-21/h5-9,11,13,21,24,28,30H,10,12,14-18H2,1-4H3,(H,31,32). The number of likely N-dealkylation sites (N-methyl/N-ethyl adjacent to an activating group) is 1. The van der Waals surface area contributed by atoms with Crippen molar-refractivity contribution in [3.63, 3.8) is 0 Å². The van der Waals surface area contributed by atoms with Crippen molar-refractivity contribution in [2.45, 2.75) is 69.4 Å². The van der Waals surface area contributed by atoms with E-state index >= 15 is 0 Å². The van der Waals surface area contributed by atoms with Crippen LogP contribution in [0.3, 0.4) is 0 Å². The van der Waals surface area contributed by atoms with Crippen molar-refractivity contribution in [1.29, 1.82) is 0 Å². The van der Waals surface area contributed by atoms with Crippen LogP contribution in [-0.4, -0.2) is 60.7 Å². The lowest BCUT2D eigenvalue weighted by molar-refractivity contribution is -0.136. The number of hydrogen-bond acceptors (Lipinski definition) is 5. The summed E-state index contributed by atoms with van der Waals surface area (Å²) in [5.74, 6) is -0.338. The summed E-state index contributed by atoms with van der Waals surface area (Å²) in [7, 11) is -2.32. The van der Waals surface area contributed by atoms with Gasteiger partial charge in [0, 0.05) is 32.1 Å². The van der Waals surface area contributed by atoms with Gasteiger partial charge in [-0.3, -0.25) is 4.79 Å². The third-order valence-electron chi connectivity index (χ3n) is 6.77. The van der Waals surface area contributed by atoms with Crippen LogP contribution in [0.1, 0.15) is 48.9 Å². The first-order chi connectivity index (χ1) is 16.4. The number of nitrogens with one attached hydrogen (secondary N) is 1. The van der Waals surface area contributed by atoms with E-state index in [0.717, 1.165) is 24.8 Å². The maximum atomic E-state index is 13.1. The molecule has 3 rings (SSSR count). The highest BCUT2D eigenvalue weighted by Gasteiger charge is 2.29. The van der Waals surface area contributed by atoms with E-state index in [4.69, 9.17) is 5.11 Å². The minimum atomic E-state index is -3.79. The van der Waals surface area contributed by atoms with Crippen molar-refractivity contribution in [2.75, 3.05) is 20.1 Å². The number of aliphatic hydroxyl groups is 1. The number of carbonyl (C=O) groups is 1. The van der Waals surface area contributed by atoms with Gasteiger partial charge in [-0.15, -0.1) is 0 Å². The van der Waals surface area contributed by atoms with Gasteiger partial charge in [0.05, 0.1) is 11.0 Å². The Morgan fingerprint density at radius 1 is 1.17 bits per heavy atom. The molecule has 1 unspecified atom stereocenters. The van der Waals surface area contributed by atoms with Crippen LogP contribution >= 0.6 is 0 Å².